The summed E-state index contributed by atoms with van der Waals surface area (Å²) >= 11 is 3.41. The smallest absolute Gasteiger partial charge is 0.241 e. The molecule has 0 amide bonds. The number of nitrogen functional groups attached to an aromatic ring is 1. The van der Waals surface area contributed by atoms with E-state index in [0.717, 1.165) is 15.6 Å². The standard InChI is InChI=1S/C15H17BrN2O2S/c1-2-11-7-8-13(17)9-15(11)21(19,20)18-10-12-5-3-4-6-14(12)16/h3-9,18H,2,10,17H2,1H3. The van der Waals surface area contributed by atoms with Crippen molar-refractivity contribution in [3.63, 3.8) is 0 Å². The maximum atomic E-state index is 12.5. The minimum atomic E-state index is -3.59. The van der Waals surface area contributed by atoms with Crippen LogP contribution in [0.4, 0.5) is 5.69 Å². The fraction of sp³-hybridized carbons (Fsp3) is 0.200. The van der Waals surface area contributed by atoms with Crippen LogP contribution in [0.25, 0.3) is 0 Å². The maximum Gasteiger partial charge on any atom is 0.241 e. The largest absolute Gasteiger partial charge is 0.399 e. The van der Waals surface area contributed by atoms with Crippen molar-refractivity contribution >= 4 is 31.6 Å². The quantitative estimate of drug-likeness (QED) is 0.796. The van der Waals surface area contributed by atoms with E-state index >= 15 is 0 Å². The number of nitrogens with one attached hydrogen (secondary N) is 1. The molecular formula is C15H17BrN2O2S. The highest BCUT2D eigenvalue weighted by atomic mass is 79.9. The maximum absolute atomic E-state index is 12.5. The molecule has 0 aliphatic carbocycles. The summed E-state index contributed by atoms with van der Waals surface area (Å²) in [7, 11) is -3.59. The third-order valence-electron chi connectivity index (χ3n) is 3.17. The van der Waals surface area contributed by atoms with Crippen LogP contribution in [0.3, 0.4) is 0 Å². The van der Waals surface area contributed by atoms with Crippen molar-refractivity contribution in [3.8, 4) is 0 Å². The highest BCUT2D eigenvalue weighted by Crippen LogP contribution is 2.21. The van der Waals surface area contributed by atoms with Crippen molar-refractivity contribution in [2.75, 3.05) is 5.73 Å². The zero-order valence-electron chi connectivity index (χ0n) is 11.6. The van der Waals surface area contributed by atoms with Gasteiger partial charge in [-0.1, -0.05) is 47.1 Å². The van der Waals surface area contributed by atoms with Gasteiger partial charge in [-0.05, 0) is 35.7 Å². The molecule has 0 atom stereocenters. The van der Waals surface area contributed by atoms with E-state index in [1.54, 1.807) is 12.1 Å². The Morgan fingerprint density at radius 1 is 1.14 bits per heavy atom. The topological polar surface area (TPSA) is 72.2 Å². The Hall–Kier alpha value is -1.37. The van der Waals surface area contributed by atoms with Crippen LogP contribution < -0.4 is 10.5 Å². The van der Waals surface area contributed by atoms with Crippen molar-refractivity contribution in [1.29, 1.82) is 0 Å². The molecule has 0 saturated carbocycles. The molecule has 2 rings (SSSR count). The molecule has 2 aromatic rings. The van der Waals surface area contributed by atoms with Gasteiger partial charge >= 0.3 is 0 Å². The highest BCUT2D eigenvalue weighted by molar-refractivity contribution is 9.10. The van der Waals surface area contributed by atoms with E-state index in [1.165, 1.54) is 6.07 Å². The van der Waals surface area contributed by atoms with E-state index in [4.69, 9.17) is 5.73 Å². The van der Waals surface area contributed by atoms with E-state index in [2.05, 4.69) is 20.7 Å². The molecule has 3 N–H and O–H groups in total. The van der Waals surface area contributed by atoms with Crippen LogP contribution in [0.15, 0.2) is 51.8 Å². The Kier molecular flexibility index (Phi) is 5.03. The first-order chi connectivity index (χ1) is 9.94. The number of hydrogen-bond donors (Lipinski definition) is 2. The first-order valence-electron chi connectivity index (χ1n) is 6.55. The summed E-state index contributed by atoms with van der Waals surface area (Å²) in [6, 6.07) is 12.5. The number of nitrogens with two attached hydrogens (primary N) is 1. The number of hydrogen-bond acceptors (Lipinski definition) is 3. The first kappa shape index (κ1) is 16.0. The van der Waals surface area contributed by atoms with E-state index in [1.807, 2.05) is 31.2 Å². The molecule has 0 bridgehead atoms. The fourth-order valence-corrected chi connectivity index (χ4v) is 3.78. The van der Waals surface area contributed by atoms with Gasteiger partial charge in [0.2, 0.25) is 10.0 Å². The molecule has 0 fully saturated rings. The first-order valence-corrected chi connectivity index (χ1v) is 8.83. The van der Waals surface area contributed by atoms with Crippen LogP contribution in [-0.2, 0) is 23.0 Å². The second-order valence-electron chi connectivity index (χ2n) is 4.64. The number of halogens is 1. The summed E-state index contributed by atoms with van der Waals surface area (Å²) in [6.07, 6.45) is 0.631. The Morgan fingerprint density at radius 2 is 1.86 bits per heavy atom. The Morgan fingerprint density at radius 3 is 2.52 bits per heavy atom. The van der Waals surface area contributed by atoms with Crippen LogP contribution in [-0.4, -0.2) is 8.42 Å². The number of benzene rings is 2. The van der Waals surface area contributed by atoms with Gasteiger partial charge in [0, 0.05) is 16.7 Å². The molecule has 0 heterocycles. The molecule has 0 aliphatic rings. The zero-order valence-corrected chi connectivity index (χ0v) is 14.0. The van der Waals surface area contributed by atoms with Crippen molar-refractivity contribution < 1.29 is 8.42 Å². The Bertz CT molecular complexity index is 745. The zero-order chi connectivity index (χ0) is 15.5. The average Bonchev–Trinajstić information content (AvgIpc) is 2.46. The van der Waals surface area contributed by atoms with Gasteiger partial charge in [0.15, 0.2) is 0 Å². The molecule has 6 heteroatoms. The van der Waals surface area contributed by atoms with Crippen molar-refractivity contribution in [3.05, 3.63) is 58.1 Å². The van der Waals surface area contributed by atoms with Crippen LogP contribution in [0, 0.1) is 0 Å². The minimum absolute atomic E-state index is 0.224. The molecule has 0 aromatic heterocycles. The summed E-state index contributed by atoms with van der Waals surface area (Å²) in [5, 5.41) is 0. The molecule has 4 nitrogen and oxygen atoms in total. The Balaban J connectivity index is 2.27. The van der Waals surface area contributed by atoms with E-state index in [-0.39, 0.29) is 11.4 Å². The van der Waals surface area contributed by atoms with E-state index < -0.39 is 10.0 Å². The van der Waals surface area contributed by atoms with Gasteiger partial charge in [-0.15, -0.1) is 0 Å². The molecular weight excluding hydrogens is 352 g/mol. The number of anilines is 1. The predicted molar refractivity (Wildman–Crippen MR) is 88.4 cm³/mol. The highest BCUT2D eigenvalue weighted by Gasteiger charge is 2.18. The van der Waals surface area contributed by atoms with Gasteiger partial charge in [-0.2, -0.15) is 0 Å². The van der Waals surface area contributed by atoms with Crippen LogP contribution in [0.5, 0.6) is 0 Å². The van der Waals surface area contributed by atoms with Gasteiger partial charge in [-0.25, -0.2) is 13.1 Å². The summed E-state index contributed by atoms with van der Waals surface area (Å²) in [6.45, 7) is 2.14. The molecule has 21 heavy (non-hydrogen) atoms. The van der Waals surface area contributed by atoms with Gasteiger partial charge in [0.05, 0.1) is 4.90 Å². The second kappa shape index (κ2) is 6.60. The molecule has 0 saturated heterocycles. The third-order valence-corrected chi connectivity index (χ3v) is 5.43. The van der Waals surface area contributed by atoms with Crippen molar-refractivity contribution in [2.24, 2.45) is 0 Å². The normalized spacial score (nSPS) is 11.5. The van der Waals surface area contributed by atoms with Crippen LogP contribution in [0.2, 0.25) is 0 Å². The lowest BCUT2D eigenvalue weighted by Crippen LogP contribution is -2.24. The fourth-order valence-electron chi connectivity index (χ4n) is 2.01. The monoisotopic (exact) mass is 368 g/mol. The Labute approximate surface area is 133 Å². The van der Waals surface area contributed by atoms with Crippen molar-refractivity contribution in [1.82, 2.24) is 4.72 Å². The van der Waals surface area contributed by atoms with Gasteiger partial charge in [0.25, 0.3) is 0 Å². The predicted octanol–water partition coefficient (Wildman–Crippen LogP) is 3.07. The molecule has 112 valence electrons. The van der Waals surface area contributed by atoms with Crippen LogP contribution in [0.1, 0.15) is 18.1 Å². The van der Waals surface area contributed by atoms with Gasteiger partial charge < -0.3 is 5.73 Å². The summed E-state index contributed by atoms with van der Waals surface area (Å²) in [5.74, 6) is 0. The minimum Gasteiger partial charge on any atom is -0.399 e. The van der Waals surface area contributed by atoms with E-state index in [9.17, 15) is 8.42 Å². The number of rotatable bonds is 5. The van der Waals surface area contributed by atoms with Gasteiger partial charge in [-0.3, -0.25) is 0 Å². The SMILES string of the molecule is CCc1ccc(N)cc1S(=O)(=O)NCc1ccccc1Br. The molecule has 0 unspecified atom stereocenters. The number of aryl methyl sites for hydroxylation is 1. The van der Waals surface area contributed by atoms with Crippen LogP contribution >= 0.6 is 15.9 Å². The van der Waals surface area contributed by atoms with Gasteiger partial charge in [0.1, 0.15) is 0 Å². The second-order valence-corrected chi connectivity index (χ2v) is 7.23. The average molecular weight is 369 g/mol. The third kappa shape index (κ3) is 3.84. The lowest BCUT2D eigenvalue weighted by molar-refractivity contribution is 0.580. The van der Waals surface area contributed by atoms with Crippen molar-refractivity contribution in [2.45, 2.75) is 24.8 Å². The summed E-state index contributed by atoms with van der Waals surface area (Å²) in [5.41, 5.74) is 7.78. The molecule has 0 spiro atoms. The number of sulfonamides is 1. The van der Waals surface area contributed by atoms with E-state index in [0.29, 0.717) is 12.1 Å². The molecule has 0 radical (unpaired) electrons. The summed E-state index contributed by atoms with van der Waals surface area (Å²) in [4.78, 5) is 0.247. The molecule has 2 aromatic carbocycles. The lowest BCUT2D eigenvalue weighted by Gasteiger charge is -2.12. The molecule has 0 aliphatic heterocycles. The summed E-state index contributed by atoms with van der Waals surface area (Å²) < 4.78 is 28.4. The lowest BCUT2D eigenvalue weighted by atomic mass is 10.1.